The molecule has 1 heterocycles. The Balaban J connectivity index is 1.34. The van der Waals surface area contributed by atoms with E-state index >= 15 is 0 Å². The van der Waals surface area contributed by atoms with E-state index in [1.807, 2.05) is 12.1 Å². The van der Waals surface area contributed by atoms with Gasteiger partial charge in [0.1, 0.15) is 0 Å². The molecule has 0 aromatic heterocycles. The number of aromatic carboxylic acids is 1. The van der Waals surface area contributed by atoms with Crippen LogP contribution in [-0.4, -0.2) is 42.3 Å². The topological polar surface area (TPSA) is 40.5 Å². The number of aryl methyl sites for hydroxylation is 1. The van der Waals surface area contributed by atoms with Gasteiger partial charge in [-0.15, -0.1) is 0 Å². The normalized spacial score (nSPS) is 20.9. The van der Waals surface area contributed by atoms with Crippen LogP contribution in [0.25, 0.3) is 11.6 Å². The number of hydrogen-bond donors (Lipinski definition) is 1. The lowest BCUT2D eigenvalue weighted by atomic mass is 9.87. The molecule has 2 aliphatic carbocycles. The van der Waals surface area contributed by atoms with Gasteiger partial charge in [-0.3, -0.25) is 9.29 Å². The fourth-order valence-corrected chi connectivity index (χ4v) is 6.35. The van der Waals surface area contributed by atoms with Crippen LogP contribution in [0.3, 0.4) is 0 Å². The molecule has 2 unspecified atom stereocenters. The Kier molecular flexibility index (Phi) is 6.99. The summed E-state index contributed by atoms with van der Waals surface area (Å²) in [6.45, 7) is 2.44. The van der Waals surface area contributed by atoms with Gasteiger partial charge in [0.15, 0.2) is 0 Å². The number of hydrogen-bond acceptors (Lipinski definition) is 2. The summed E-state index contributed by atoms with van der Waals surface area (Å²) in [6.07, 6.45) is 7.03. The van der Waals surface area contributed by atoms with Crippen molar-refractivity contribution in [1.29, 1.82) is 0 Å². The Morgan fingerprint density at radius 3 is 2.50 bits per heavy atom. The predicted octanol–water partition coefficient (Wildman–Crippen LogP) is 7.39. The average Bonchev–Trinajstić information content (AvgIpc) is 3.73. The number of allylic oxidation sites excluding steroid dienone is 1. The molecule has 0 amide bonds. The molecule has 0 bridgehead atoms. The molecule has 0 radical (unpaired) electrons. The lowest BCUT2D eigenvalue weighted by Gasteiger charge is -2.33. The number of fused-ring (bicyclic) bond motifs is 1. The zero-order chi connectivity index (χ0) is 26.1. The minimum Gasteiger partial charge on any atom is -0.478 e. The van der Waals surface area contributed by atoms with E-state index < -0.39 is 5.97 Å². The molecule has 1 N–H and O–H groups in total. The van der Waals surface area contributed by atoms with E-state index in [1.54, 1.807) is 6.07 Å². The van der Waals surface area contributed by atoms with Crippen LogP contribution in [0, 0.1) is 5.92 Å². The number of rotatable bonds is 8. The van der Waals surface area contributed by atoms with E-state index in [0.29, 0.717) is 23.8 Å². The van der Waals surface area contributed by atoms with Gasteiger partial charge >= 0.3 is 5.97 Å². The van der Waals surface area contributed by atoms with Crippen LogP contribution in [-0.2, 0) is 6.42 Å². The summed E-state index contributed by atoms with van der Waals surface area (Å²) in [6, 6.07) is 25.4. The highest BCUT2D eigenvalue weighted by atomic mass is 19.1. The monoisotopic (exact) mass is 507 g/mol. The predicted molar refractivity (Wildman–Crippen MR) is 151 cm³/mol. The van der Waals surface area contributed by atoms with E-state index in [1.165, 1.54) is 45.4 Å². The Morgan fingerprint density at radius 2 is 1.76 bits per heavy atom. The van der Waals surface area contributed by atoms with Gasteiger partial charge in [-0.05, 0) is 95.0 Å². The molecule has 1 saturated heterocycles. The van der Waals surface area contributed by atoms with Crippen molar-refractivity contribution in [3.05, 3.63) is 117 Å². The molecule has 3 aromatic carbocycles. The maximum atomic E-state index is 12.4. The Labute approximate surface area is 224 Å². The summed E-state index contributed by atoms with van der Waals surface area (Å²) < 4.78 is 12.4. The van der Waals surface area contributed by atoms with Crippen molar-refractivity contribution in [2.45, 2.75) is 38.0 Å². The summed E-state index contributed by atoms with van der Waals surface area (Å²) in [4.78, 5) is 14.0. The van der Waals surface area contributed by atoms with Crippen LogP contribution in [0.15, 0.2) is 83.9 Å². The summed E-state index contributed by atoms with van der Waals surface area (Å²) in [5.41, 5.74) is 10.7. The van der Waals surface area contributed by atoms with Crippen LogP contribution in [0.1, 0.15) is 69.8 Å². The molecule has 1 saturated carbocycles. The molecule has 2 atom stereocenters. The number of alkyl halides is 1. The first-order valence-electron chi connectivity index (χ1n) is 13.8. The number of carboxylic acids is 1. The number of nitrogens with zero attached hydrogens (tertiary/aromatic N) is 1. The highest BCUT2D eigenvalue weighted by Gasteiger charge is 2.42. The molecule has 38 heavy (non-hydrogen) atoms. The highest BCUT2D eigenvalue weighted by Crippen LogP contribution is 2.56. The molecule has 3 nitrogen and oxygen atoms in total. The number of carbonyl (C=O) groups is 1. The Morgan fingerprint density at radius 1 is 0.974 bits per heavy atom. The summed E-state index contributed by atoms with van der Waals surface area (Å²) in [5, 5.41) is 9.60. The zero-order valence-corrected chi connectivity index (χ0v) is 21.7. The second-order valence-electron chi connectivity index (χ2n) is 11.0. The molecular weight excluding hydrogens is 473 g/mol. The number of halogens is 1. The second-order valence-corrected chi connectivity index (χ2v) is 11.0. The Hall–Kier alpha value is -3.50. The van der Waals surface area contributed by atoms with Crippen molar-refractivity contribution in [1.82, 2.24) is 4.90 Å². The molecule has 3 aromatic rings. The third kappa shape index (κ3) is 5.10. The first-order chi connectivity index (χ1) is 18.6. The lowest BCUT2D eigenvalue weighted by Crippen LogP contribution is -2.40. The first-order valence-corrected chi connectivity index (χ1v) is 13.8. The Bertz CT molecular complexity index is 1380. The fourth-order valence-electron chi connectivity index (χ4n) is 6.35. The number of likely N-dealkylation sites (tertiary alicyclic amines) is 1. The highest BCUT2D eigenvalue weighted by molar-refractivity contribution is 5.91. The molecule has 4 heteroatoms. The van der Waals surface area contributed by atoms with E-state index in [2.05, 4.69) is 65.6 Å². The van der Waals surface area contributed by atoms with E-state index in [-0.39, 0.29) is 6.67 Å². The largest absolute Gasteiger partial charge is 0.478 e. The molecule has 1 aliphatic heterocycles. The van der Waals surface area contributed by atoms with Crippen molar-refractivity contribution in [3.8, 4) is 0 Å². The quantitative estimate of drug-likeness (QED) is 0.346. The lowest BCUT2D eigenvalue weighted by molar-refractivity contribution is 0.0696. The van der Waals surface area contributed by atoms with Gasteiger partial charge < -0.3 is 5.11 Å². The van der Waals surface area contributed by atoms with Crippen LogP contribution in [0.4, 0.5) is 4.39 Å². The van der Waals surface area contributed by atoms with Gasteiger partial charge in [-0.2, -0.15) is 0 Å². The van der Waals surface area contributed by atoms with Crippen molar-refractivity contribution < 1.29 is 14.3 Å². The third-order valence-electron chi connectivity index (χ3n) is 8.33. The van der Waals surface area contributed by atoms with Crippen molar-refractivity contribution >= 4 is 17.6 Å². The maximum absolute atomic E-state index is 12.4. The SMILES string of the molecule is O=C(O)c1ccc2c(c1)CCCC(C1CC1c1ccccc1)=C2c1ccc(C=C2CN(CCCF)C2)cc1. The van der Waals surface area contributed by atoms with Crippen molar-refractivity contribution in [3.63, 3.8) is 0 Å². The first kappa shape index (κ1) is 24.8. The van der Waals surface area contributed by atoms with Crippen LogP contribution in [0.2, 0.25) is 0 Å². The van der Waals surface area contributed by atoms with E-state index in [4.69, 9.17) is 0 Å². The van der Waals surface area contributed by atoms with Crippen molar-refractivity contribution in [2.75, 3.05) is 26.3 Å². The summed E-state index contributed by atoms with van der Waals surface area (Å²) in [5.74, 6) is 0.222. The molecule has 0 spiro atoms. The number of benzene rings is 3. The van der Waals surface area contributed by atoms with Gasteiger partial charge in [-0.25, -0.2) is 4.79 Å². The zero-order valence-electron chi connectivity index (χ0n) is 21.7. The van der Waals surface area contributed by atoms with Gasteiger partial charge in [0.2, 0.25) is 0 Å². The van der Waals surface area contributed by atoms with Gasteiger partial charge in [0.05, 0.1) is 12.2 Å². The second kappa shape index (κ2) is 10.7. The summed E-state index contributed by atoms with van der Waals surface area (Å²) in [7, 11) is 0. The molecule has 2 fully saturated rings. The van der Waals surface area contributed by atoms with Gasteiger partial charge in [0, 0.05) is 19.6 Å². The van der Waals surface area contributed by atoms with E-state index in [9.17, 15) is 14.3 Å². The molecule has 194 valence electrons. The van der Waals surface area contributed by atoms with Gasteiger partial charge in [-0.1, -0.05) is 72.3 Å². The smallest absolute Gasteiger partial charge is 0.335 e. The van der Waals surface area contributed by atoms with E-state index in [0.717, 1.165) is 44.5 Å². The number of carboxylic acid groups (broad SMARTS) is 1. The van der Waals surface area contributed by atoms with Gasteiger partial charge in [0.25, 0.3) is 0 Å². The molecular formula is C34H34FNO2. The minimum absolute atomic E-state index is 0.247. The average molecular weight is 508 g/mol. The van der Waals surface area contributed by atoms with Crippen LogP contribution >= 0.6 is 0 Å². The maximum Gasteiger partial charge on any atom is 0.335 e. The van der Waals surface area contributed by atoms with Crippen LogP contribution < -0.4 is 0 Å². The molecule has 3 aliphatic rings. The summed E-state index contributed by atoms with van der Waals surface area (Å²) >= 11 is 0. The standard InChI is InChI=1S/C34H34FNO2/c35-16-5-17-36-21-24(22-36)18-23-10-12-26(13-11-23)33-29-15-14-28(34(37)38)19-27(29)8-4-9-30(33)32-20-31(32)25-6-2-1-3-7-25/h1-3,6-7,10-15,18-19,31-32H,4-5,8-9,16-17,20-22H2,(H,37,38). The van der Waals surface area contributed by atoms with Crippen LogP contribution in [0.5, 0.6) is 0 Å². The fraction of sp³-hybridized carbons (Fsp3) is 0.324. The molecule has 6 rings (SSSR count). The minimum atomic E-state index is -0.870. The van der Waals surface area contributed by atoms with Crippen molar-refractivity contribution in [2.24, 2.45) is 5.92 Å². The third-order valence-corrected chi connectivity index (χ3v) is 8.33.